The van der Waals surface area contributed by atoms with Gasteiger partial charge in [0.1, 0.15) is 5.75 Å². The summed E-state index contributed by atoms with van der Waals surface area (Å²) in [6.45, 7) is 1.56. The average Bonchev–Trinajstić information content (AvgIpc) is 2.76. The van der Waals surface area contributed by atoms with E-state index in [1.165, 1.54) is 54.6 Å². The lowest BCUT2D eigenvalue weighted by Gasteiger charge is -2.20. The number of hydrogen-bond acceptors (Lipinski definition) is 6. The summed E-state index contributed by atoms with van der Waals surface area (Å²) in [5.41, 5.74) is 6.52. The van der Waals surface area contributed by atoms with Gasteiger partial charge in [-0.2, -0.15) is 5.26 Å². The molecule has 0 aliphatic heterocycles. The summed E-state index contributed by atoms with van der Waals surface area (Å²) in [5.74, 6) is -1.44. The first kappa shape index (κ1) is 25.2. The molecule has 1 atom stereocenters. The molecule has 0 saturated carbocycles. The van der Waals surface area contributed by atoms with Crippen molar-refractivity contribution in [2.45, 2.75) is 17.9 Å². The number of amides is 1. The van der Waals surface area contributed by atoms with Crippen LogP contribution in [0, 0.1) is 18.3 Å². The molecular formula is C23H17Cl2N3O5S. The number of nitrogens with two attached hydrogens (primary N) is 2. The highest BCUT2D eigenvalue weighted by Gasteiger charge is 2.26. The summed E-state index contributed by atoms with van der Waals surface area (Å²) in [4.78, 5) is 25.4. The minimum absolute atomic E-state index is 0.00344. The third kappa shape index (κ3) is 5.55. The van der Waals surface area contributed by atoms with Crippen LogP contribution in [0.4, 0.5) is 0 Å². The Hall–Kier alpha value is -3.42. The first-order valence-corrected chi connectivity index (χ1v) is 11.8. The lowest BCUT2D eigenvalue weighted by Crippen LogP contribution is -2.27. The van der Waals surface area contributed by atoms with Crippen LogP contribution in [-0.2, 0) is 14.8 Å². The van der Waals surface area contributed by atoms with Gasteiger partial charge in [0.25, 0.3) is 5.91 Å². The molecule has 0 fully saturated rings. The third-order valence-electron chi connectivity index (χ3n) is 4.83. The lowest BCUT2D eigenvalue weighted by atomic mass is 10.00. The number of carbonyl (C=O) groups excluding carboxylic acids is 2. The van der Waals surface area contributed by atoms with Crippen molar-refractivity contribution in [2.24, 2.45) is 10.9 Å². The molecule has 0 bridgehead atoms. The fourth-order valence-electron chi connectivity index (χ4n) is 3.24. The van der Waals surface area contributed by atoms with Gasteiger partial charge < -0.3 is 10.5 Å². The molecule has 1 amide bonds. The molecule has 34 heavy (non-hydrogen) atoms. The molecule has 0 aromatic heterocycles. The quantitative estimate of drug-likeness (QED) is 0.455. The second kappa shape index (κ2) is 9.83. The van der Waals surface area contributed by atoms with Gasteiger partial charge in [0, 0.05) is 21.2 Å². The Balaban J connectivity index is 2.07. The summed E-state index contributed by atoms with van der Waals surface area (Å²) in [7, 11) is -3.96. The largest absolute Gasteiger partial charge is 0.475 e. The van der Waals surface area contributed by atoms with E-state index in [0.29, 0.717) is 5.56 Å². The van der Waals surface area contributed by atoms with E-state index < -0.39 is 27.8 Å². The van der Waals surface area contributed by atoms with E-state index in [0.717, 1.165) is 0 Å². The number of hydrogen-bond donors (Lipinski definition) is 2. The average molecular weight is 518 g/mol. The number of aryl methyl sites for hydroxylation is 1. The maximum Gasteiger partial charge on any atom is 0.263 e. The summed E-state index contributed by atoms with van der Waals surface area (Å²) < 4.78 is 29.1. The lowest BCUT2D eigenvalue weighted by molar-refractivity contribution is -0.125. The van der Waals surface area contributed by atoms with Crippen LogP contribution in [0.3, 0.4) is 0 Å². The molecule has 4 N–H and O–H groups in total. The molecule has 174 valence electrons. The van der Waals surface area contributed by atoms with Gasteiger partial charge in [-0.25, -0.2) is 13.6 Å². The highest BCUT2D eigenvalue weighted by atomic mass is 35.5. The molecule has 3 rings (SSSR count). The number of ketones is 1. The highest BCUT2D eigenvalue weighted by molar-refractivity contribution is 7.89. The van der Waals surface area contributed by atoms with Gasteiger partial charge in [-0.05, 0) is 61.0 Å². The van der Waals surface area contributed by atoms with Crippen LogP contribution in [-0.4, -0.2) is 20.1 Å². The molecule has 8 nitrogen and oxygen atoms in total. The van der Waals surface area contributed by atoms with Crippen molar-refractivity contribution in [2.75, 3.05) is 0 Å². The number of primary sulfonamides is 1. The minimum Gasteiger partial charge on any atom is -0.475 e. The molecule has 3 aromatic carbocycles. The number of nitrogens with zero attached hydrogens (tertiary/aromatic N) is 1. The first-order valence-electron chi connectivity index (χ1n) is 9.55. The minimum atomic E-state index is -3.96. The van der Waals surface area contributed by atoms with E-state index in [1.807, 2.05) is 6.07 Å². The second-order valence-corrected chi connectivity index (χ2v) is 9.71. The topological polar surface area (TPSA) is 153 Å². The molecule has 0 spiro atoms. The van der Waals surface area contributed by atoms with Crippen molar-refractivity contribution in [3.63, 3.8) is 0 Å². The van der Waals surface area contributed by atoms with E-state index in [1.54, 1.807) is 6.92 Å². The van der Waals surface area contributed by atoms with E-state index in [9.17, 15) is 23.3 Å². The zero-order valence-corrected chi connectivity index (χ0v) is 19.9. The summed E-state index contributed by atoms with van der Waals surface area (Å²) in [6, 6.07) is 14.2. The SMILES string of the molecule is Cc1cc(S(N)(=O)=O)ccc1C(Oc1ccc(Cl)cc1C(=O)c1cc(Cl)cc(C#N)c1)C(N)=O. The predicted octanol–water partition coefficient (Wildman–Crippen LogP) is 3.66. The van der Waals surface area contributed by atoms with Gasteiger partial charge in [-0.3, -0.25) is 9.59 Å². The van der Waals surface area contributed by atoms with Crippen LogP contribution < -0.4 is 15.6 Å². The fourth-order valence-corrected chi connectivity index (χ4v) is 4.25. The third-order valence-corrected chi connectivity index (χ3v) is 6.20. The molecule has 0 heterocycles. The molecule has 11 heteroatoms. The monoisotopic (exact) mass is 517 g/mol. The smallest absolute Gasteiger partial charge is 0.263 e. The van der Waals surface area contributed by atoms with E-state index in [-0.39, 0.29) is 42.9 Å². The Kier molecular flexibility index (Phi) is 7.29. The van der Waals surface area contributed by atoms with Crippen LogP contribution in [0.2, 0.25) is 10.0 Å². The van der Waals surface area contributed by atoms with E-state index >= 15 is 0 Å². The number of carbonyl (C=O) groups is 2. The van der Waals surface area contributed by atoms with Crippen molar-refractivity contribution >= 4 is 44.9 Å². The standard InChI is InChI=1S/C23H17Cl2N3O5S/c1-12-6-17(34(28,31)32)3-4-18(12)22(23(27)30)33-20-5-2-15(24)10-19(20)21(29)14-7-13(11-26)8-16(25)9-14/h2-10,22H,1H3,(H2,27,30)(H2,28,31,32). The molecule has 3 aromatic rings. The number of sulfonamides is 1. The predicted molar refractivity (Wildman–Crippen MR) is 126 cm³/mol. The molecule has 0 aliphatic carbocycles. The maximum atomic E-state index is 13.2. The number of ether oxygens (including phenoxy) is 1. The summed E-state index contributed by atoms with van der Waals surface area (Å²) >= 11 is 12.1. The number of primary amides is 1. The van der Waals surface area contributed by atoms with Gasteiger partial charge in [0.05, 0.1) is 22.1 Å². The van der Waals surface area contributed by atoms with Gasteiger partial charge >= 0.3 is 0 Å². The van der Waals surface area contributed by atoms with Crippen molar-refractivity contribution in [1.29, 1.82) is 5.26 Å². The van der Waals surface area contributed by atoms with Crippen molar-refractivity contribution < 1.29 is 22.7 Å². The molecular weight excluding hydrogens is 501 g/mol. The first-order chi connectivity index (χ1) is 15.9. The van der Waals surface area contributed by atoms with Crippen LogP contribution in [0.25, 0.3) is 0 Å². The van der Waals surface area contributed by atoms with Crippen molar-refractivity contribution in [3.05, 3.63) is 92.5 Å². The number of rotatable bonds is 7. The number of halogens is 2. The Morgan fingerprint density at radius 1 is 1.03 bits per heavy atom. The van der Waals surface area contributed by atoms with Gasteiger partial charge in [0.15, 0.2) is 5.78 Å². The van der Waals surface area contributed by atoms with E-state index in [2.05, 4.69) is 0 Å². The molecule has 0 saturated heterocycles. The molecule has 0 radical (unpaired) electrons. The van der Waals surface area contributed by atoms with Crippen molar-refractivity contribution in [1.82, 2.24) is 0 Å². The Labute approximate surface area is 205 Å². The Morgan fingerprint density at radius 2 is 1.74 bits per heavy atom. The molecule has 1 unspecified atom stereocenters. The van der Waals surface area contributed by atoms with Gasteiger partial charge in [-0.15, -0.1) is 0 Å². The highest BCUT2D eigenvalue weighted by Crippen LogP contribution is 2.32. The van der Waals surface area contributed by atoms with Crippen LogP contribution >= 0.6 is 23.2 Å². The van der Waals surface area contributed by atoms with Crippen molar-refractivity contribution in [3.8, 4) is 11.8 Å². The van der Waals surface area contributed by atoms with Crippen LogP contribution in [0.5, 0.6) is 5.75 Å². The van der Waals surface area contributed by atoms with Gasteiger partial charge in [0.2, 0.25) is 16.1 Å². The Morgan fingerprint density at radius 3 is 2.32 bits per heavy atom. The number of nitriles is 1. The number of benzene rings is 3. The van der Waals surface area contributed by atoms with Gasteiger partial charge in [-0.1, -0.05) is 29.3 Å². The Bertz CT molecular complexity index is 1470. The zero-order chi connectivity index (χ0) is 25.2. The summed E-state index contributed by atoms with van der Waals surface area (Å²) in [5, 5.41) is 14.7. The fraction of sp³-hybridized carbons (Fsp3) is 0.0870. The van der Waals surface area contributed by atoms with Crippen LogP contribution in [0.1, 0.15) is 38.7 Å². The molecule has 0 aliphatic rings. The maximum absolute atomic E-state index is 13.2. The van der Waals surface area contributed by atoms with Crippen LogP contribution in [0.15, 0.2) is 59.5 Å². The second-order valence-electron chi connectivity index (χ2n) is 7.27. The normalized spacial score (nSPS) is 12.0. The van der Waals surface area contributed by atoms with E-state index in [4.69, 9.17) is 38.8 Å². The summed E-state index contributed by atoms with van der Waals surface area (Å²) in [6.07, 6.45) is -1.36. The zero-order valence-electron chi connectivity index (χ0n) is 17.6.